The molecule has 0 saturated heterocycles. The summed E-state index contributed by atoms with van der Waals surface area (Å²) in [6.07, 6.45) is 1.48. The molecular formula is C16H17F3N2O2S. The number of ether oxygens (including phenoxy) is 1. The van der Waals surface area contributed by atoms with Crippen molar-refractivity contribution in [3.05, 3.63) is 48.2 Å². The van der Waals surface area contributed by atoms with Gasteiger partial charge in [0.25, 0.3) is 5.91 Å². The van der Waals surface area contributed by atoms with Gasteiger partial charge >= 0.3 is 6.36 Å². The van der Waals surface area contributed by atoms with Gasteiger partial charge in [-0.15, -0.1) is 24.9 Å². The topological polar surface area (TPSA) is 50.4 Å². The van der Waals surface area contributed by atoms with Crippen LogP contribution in [0.4, 0.5) is 18.9 Å². The largest absolute Gasteiger partial charge is 0.573 e. The van der Waals surface area contributed by atoms with Crippen molar-refractivity contribution in [3.63, 3.8) is 0 Å². The summed E-state index contributed by atoms with van der Waals surface area (Å²) in [4.78, 5) is 12.4. The average Bonchev–Trinajstić information content (AvgIpc) is 2.53. The van der Waals surface area contributed by atoms with Crippen LogP contribution in [0.1, 0.15) is 13.3 Å². The fraction of sp³-hybridized carbons (Fsp3) is 0.312. The van der Waals surface area contributed by atoms with E-state index in [9.17, 15) is 18.0 Å². The molecule has 130 valence electrons. The van der Waals surface area contributed by atoms with E-state index in [1.54, 1.807) is 30.1 Å². The lowest BCUT2D eigenvalue weighted by molar-refractivity contribution is -0.274. The molecule has 1 amide bonds. The van der Waals surface area contributed by atoms with Gasteiger partial charge in [-0.3, -0.25) is 4.79 Å². The van der Waals surface area contributed by atoms with Crippen molar-refractivity contribution in [2.45, 2.75) is 25.1 Å². The molecule has 1 unspecified atom stereocenters. The van der Waals surface area contributed by atoms with Crippen molar-refractivity contribution < 1.29 is 22.7 Å². The Kier molecular flexibility index (Phi) is 6.19. The van der Waals surface area contributed by atoms with Crippen LogP contribution in [0.2, 0.25) is 0 Å². The Labute approximate surface area is 142 Å². The maximum Gasteiger partial charge on any atom is 0.573 e. The summed E-state index contributed by atoms with van der Waals surface area (Å²) in [5.74, 6) is 0.267. The van der Waals surface area contributed by atoms with E-state index in [1.165, 1.54) is 12.1 Å². The molecule has 0 saturated carbocycles. The molecule has 1 heterocycles. The number of rotatable bonds is 6. The Hall–Kier alpha value is -2.09. The van der Waals surface area contributed by atoms with Gasteiger partial charge in [0.1, 0.15) is 11.1 Å². The second-order valence-electron chi connectivity index (χ2n) is 4.92. The first-order valence-corrected chi connectivity index (χ1v) is 8.35. The second kappa shape index (κ2) is 8.14. The fourth-order valence-corrected chi connectivity index (χ4v) is 2.99. The van der Waals surface area contributed by atoms with Crippen LogP contribution in [0, 0.1) is 0 Å². The summed E-state index contributed by atoms with van der Waals surface area (Å²) in [7, 11) is 0. The first-order valence-electron chi connectivity index (χ1n) is 7.30. The first kappa shape index (κ1) is 18.3. The number of hydrogen-bond donors (Lipinski definition) is 2. The molecule has 0 spiro atoms. The lowest BCUT2D eigenvalue weighted by Gasteiger charge is -2.22. The van der Waals surface area contributed by atoms with Crippen LogP contribution in [0.5, 0.6) is 5.75 Å². The smallest absolute Gasteiger partial charge is 0.406 e. The minimum absolute atomic E-state index is 0.150. The lowest BCUT2D eigenvalue weighted by atomic mass is 10.2. The molecule has 8 heteroatoms. The third-order valence-corrected chi connectivity index (χ3v) is 4.37. The van der Waals surface area contributed by atoms with Crippen LogP contribution in [0.3, 0.4) is 0 Å². The van der Waals surface area contributed by atoms with E-state index in [-0.39, 0.29) is 17.0 Å². The van der Waals surface area contributed by atoms with E-state index >= 15 is 0 Å². The molecule has 1 aliphatic rings. The van der Waals surface area contributed by atoms with E-state index in [0.29, 0.717) is 11.3 Å². The van der Waals surface area contributed by atoms with Crippen molar-refractivity contribution in [3.8, 4) is 5.75 Å². The minimum Gasteiger partial charge on any atom is -0.406 e. The van der Waals surface area contributed by atoms with Gasteiger partial charge in [0.15, 0.2) is 0 Å². The highest BCUT2D eigenvalue weighted by atomic mass is 32.2. The molecule has 0 radical (unpaired) electrons. The Balaban J connectivity index is 2.00. The highest BCUT2D eigenvalue weighted by Gasteiger charge is 2.31. The summed E-state index contributed by atoms with van der Waals surface area (Å²) >= 11 is 1.62. The number of allylic oxidation sites excluding steroid dienone is 2. The maximum atomic E-state index is 12.4. The van der Waals surface area contributed by atoms with Gasteiger partial charge in [0, 0.05) is 11.3 Å². The Morgan fingerprint density at radius 1 is 1.33 bits per heavy atom. The Morgan fingerprint density at radius 3 is 2.67 bits per heavy atom. The number of carbonyl (C=O) groups excluding carboxylic acids is 1. The maximum absolute atomic E-state index is 12.4. The predicted octanol–water partition coefficient (Wildman–Crippen LogP) is 4.04. The summed E-state index contributed by atoms with van der Waals surface area (Å²) in [6.45, 7) is 2.06. The van der Waals surface area contributed by atoms with Gasteiger partial charge in [0.05, 0.1) is 0 Å². The van der Waals surface area contributed by atoms with Gasteiger partial charge in [-0.05, 0) is 54.8 Å². The van der Waals surface area contributed by atoms with Gasteiger partial charge in [-0.1, -0.05) is 6.92 Å². The van der Waals surface area contributed by atoms with Gasteiger partial charge in [-0.2, -0.15) is 0 Å². The van der Waals surface area contributed by atoms with Crippen molar-refractivity contribution >= 4 is 23.4 Å². The highest BCUT2D eigenvalue weighted by Crippen LogP contribution is 2.25. The molecule has 0 fully saturated rings. The Bertz CT molecular complexity index is 627. The lowest BCUT2D eigenvalue weighted by Crippen LogP contribution is -2.32. The first-order chi connectivity index (χ1) is 11.4. The molecule has 1 aromatic rings. The number of amides is 1. The molecule has 0 bridgehead atoms. The van der Waals surface area contributed by atoms with Gasteiger partial charge in [-0.25, -0.2) is 0 Å². The standard InChI is InChI=1S/C16H17F3N2O2S/c1-2-10-24-15-13(4-3-9-20-15)14(22)21-11-5-7-12(8-6-11)23-16(17,18)19/h3-9,15,20H,2,10H2,1H3,(H,21,22). The van der Waals surface area contributed by atoms with E-state index in [1.807, 2.05) is 0 Å². The number of carbonyl (C=O) groups is 1. The predicted molar refractivity (Wildman–Crippen MR) is 88.7 cm³/mol. The molecule has 0 aromatic heterocycles. The van der Waals surface area contributed by atoms with Crippen molar-refractivity contribution in [2.75, 3.05) is 11.1 Å². The SMILES string of the molecule is CCCSC1NC=CC=C1C(=O)Nc1ccc(OC(F)(F)F)cc1. The second-order valence-corrected chi connectivity index (χ2v) is 6.14. The Morgan fingerprint density at radius 2 is 2.04 bits per heavy atom. The molecule has 24 heavy (non-hydrogen) atoms. The minimum atomic E-state index is -4.74. The summed E-state index contributed by atoms with van der Waals surface area (Å²) in [5, 5.41) is 5.64. The van der Waals surface area contributed by atoms with Crippen LogP contribution in [0.25, 0.3) is 0 Å². The number of nitrogens with one attached hydrogen (secondary N) is 2. The molecule has 0 aliphatic carbocycles. The van der Waals surface area contributed by atoms with E-state index < -0.39 is 6.36 Å². The number of dihydropyridines is 1. The zero-order valence-corrected chi connectivity index (χ0v) is 13.7. The van der Waals surface area contributed by atoms with E-state index in [2.05, 4.69) is 22.3 Å². The molecule has 1 atom stereocenters. The van der Waals surface area contributed by atoms with Crippen LogP contribution in [0.15, 0.2) is 48.2 Å². The number of hydrogen-bond acceptors (Lipinski definition) is 4. The molecule has 4 nitrogen and oxygen atoms in total. The average molecular weight is 358 g/mol. The monoisotopic (exact) mass is 358 g/mol. The number of anilines is 1. The van der Waals surface area contributed by atoms with Crippen LogP contribution in [-0.4, -0.2) is 23.4 Å². The molecule has 2 N–H and O–H groups in total. The number of alkyl halides is 3. The van der Waals surface area contributed by atoms with Crippen LogP contribution >= 0.6 is 11.8 Å². The highest BCUT2D eigenvalue weighted by molar-refractivity contribution is 8.00. The fourth-order valence-electron chi connectivity index (χ4n) is 1.98. The van der Waals surface area contributed by atoms with Crippen molar-refractivity contribution in [1.82, 2.24) is 5.32 Å². The zero-order valence-electron chi connectivity index (χ0n) is 12.9. The van der Waals surface area contributed by atoms with Gasteiger partial charge in [0.2, 0.25) is 0 Å². The molecule has 1 aromatic carbocycles. The van der Waals surface area contributed by atoms with Gasteiger partial charge < -0.3 is 15.4 Å². The number of thioether (sulfide) groups is 1. The third-order valence-electron chi connectivity index (χ3n) is 3.00. The van der Waals surface area contributed by atoms with E-state index in [0.717, 1.165) is 24.3 Å². The van der Waals surface area contributed by atoms with E-state index in [4.69, 9.17) is 0 Å². The normalized spacial score (nSPS) is 17.0. The number of halogens is 3. The molecular weight excluding hydrogens is 341 g/mol. The van der Waals surface area contributed by atoms with Crippen LogP contribution < -0.4 is 15.4 Å². The van der Waals surface area contributed by atoms with Crippen molar-refractivity contribution in [2.24, 2.45) is 0 Å². The van der Waals surface area contributed by atoms with Crippen LogP contribution in [-0.2, 0) is 4.79 Å². The summed E-state index contributed by atoms with van der Waals surface area (Å²) in [5.41, 5.74) is 0.954. The zero-order chi connectivity index (χ0) is 17.6. The number of benzene rings is 1. The summed E-state index contributed by atoms with van der Waals surface area (Å²) in [6, 6.07) is 5.03. The molecule has 1 aliphatic heterocycles. The third kappa shape index (κ3) is 5.52. The quantitative estimate of drug-likeness (QED) is 0.806. The summed E-state index contributed by atoms with van der Waals surface area (Å²) < 4.78 is 40.2. The van der Waals surface area contributed by atoms with Crippen molar-refractivity contribution in [1.29, 1.82) is 0 Å². The molecule has 2 rings (SSSR count).